The minimum absolute atomic E-state index is 0.628. The monoisotopic (exact) mass is 258 g/mol. The molecule has 2 fully saturated rings. The van der Waals surface area contributed by atoms with Crippen LogP contribution in [-0.4, -0.2) is 25.7 Å². The van der Waals surface area contributed by atoms with Crippen LogP contribution in [0.5, 0.6) is 0 Å². The Morgan fingerprint density at radius 2 is 1.89 bits per heavy atom. The lowest BCUT2D eigenvalue weighted by Gasteiger charge is -2.19. The molecule has 1 saturated carbocycles. The molecule has 0 spiro atoms. The number of anilines is 1. The van der Waals surface area contributed by atoms with Crippen molar-refractivity contribution in [2.75, 3.05) is 24.5 Å². The summed E-state index contributed by atoms with van der Waals surface area (Å²) in [5, 5.41) is 3.67. The Morgan fingerprint density at radius 1 is 1.16 bits per heavy atom. The number of rotatable bonds is 5. The normalized spacial score (nSPS) is 23.3. The number of hydrogen-bond acceptors (Lipinski definition) is 2. The summed E-state index contributed by atoms with van der Waals surface area (Å²) >= 11 is 0. The molecule has 1 heterocycles. The first-order valence-electron chi connectivity index (χ1n) is 7.80. The van der Waals surface area contributed by atoms with Gasteiger partial charge >= 0.3 is 0 Å². The molecule has 2 aliphatic rings. The molecule has 19 heavy (non-hydrogen) atoms. The molecule has 1 aromatic rings. The number of hydrogen-bond donors (Lipinski definition) is 1. The van der Waals surface area contributed by atoms with Crippen molar-refractivity contribution in [2.45, 2.75) is 45.1 Å². The van der Waals surface area contributed by atoms with Gasteiger partial charge in [-0.1, -0.05) is 26.0 Å². The fraction of sp³-hybridized carbons (Fsp3) is 0.647. The molecule has 1 aliphatic heterocycles. The smallest absolute Gasteiger partial charge is 0.0366 e. The molecular weight excluding hydrogens is 232 g/mol. The first kappa shape index (κ1) is 13.0. The third-order valence-electron chi connectivity index (χ3n) is 4.48. The SMILES string of the molecule is CC(C)c1ccc(N2CCC(CNC3CC3)C2)cc1. The van der Waals surface area contributed by atoms with Gasteiger partial charge in [-0.3, -0.25) is 0 Å². The highest BCUT2D eigenvalue weighted by molar-refractivity contribution is 5.49. The molecule has 0 aromatic heterocycles. The van der Waals surface area contributed by atoms with Crippen molar-refractivity contribution in [3.63, 3.8) is 0 Å². The molecule has 1 saturated heterocycles. The van der Waals surface area contributed by atoms with Crippen molar-refractivity contribution in [1.29, 1.82) is 0 Å². The van der Waals surface area contributed by atoms with Crippen LogP contribution in [0.2, 0.25) is 0 Å². The van der Waals surface area contributed by atoms with Gasteiger partial charge in [-0.15, -0.1) is 0 Å². The predicted octanol–water partition coefficient (Wildman–Crippen LogP) is 3.39. The quantitative estimate of drug-likeness (QED) is 0.871. The number of benzene rings is 1. The maximum absolute atomic E-state index is 3.67. The van der Waals surface area contributed by atoms with E-state index in [1.807, 2.05) is 0 Å². The predicted molar refractivity (Wildman–Crippen MR) is 81.9 cm³/mol. The van der Waals surface area contributed by atoms with E-state index in [1.54, 1.807) is 0 Å². The lowest BCUT2D eigenvalue weighted by Crippen LogP contribution is -2.27. The van der Waals surface area contributed by atoms with Crippen LogP contribution in [0.15, 0.2) is 24.3 Å². The maximum Gasteiger partial charge on any atom is 0.0366 e. The van der Waals surface area contributed by atoms with E-state index >= 15 is 0 Å². The van der Waals surface area contributed by atoms with Gasteiger partial charge in [-0.2, -0.15) is 0 Å². The fourth-order valence-electron chi connectivity index (χ4n) is 2.92. The molecule has 2 nitrogen and oxygen atoms in total. The van der Waals surface area contributed by atoms with Crippen molar-refractivity contribution in [1.82, 2.24) is 5.32 Å². The molecular formula is C17H26N2. The molecule has 0 bridgehead atoms. The van der Waals surface area contributed by atoms with Gasteiger partial charge < -0.3 is 10.2 Å². The van der Waals surface area contributed by atoms with Crippen molar-refractivity contribution in [3.8, 4) is 0 Å². The zero-order valence-electron chi connectivity index (χ0n) is 12.2. The summed E-state index contributed by atoms with van der Waals surface area (Å²) in [6.07, 6.45) is 4.13. The van der Waals surface area contributed by atoms with E-state index < -0.39 is 0 Å². The molecule has 3 rings (SSSR count). The van der Waals surface area contributed by atoms with Gasteiger partial charge in [0.05, 0.1) is 0 Å². The number of nitrogens with one attached hydrogen (secondary N) is 1. The van der Waals surface area contributed by atoms with Crippen molar-refractivity contribution in [3.05, 3.63) is 29.8 Å². The van der Waals surface area contributed by atoms with Gasteiger partial charge in [0.25, 0.3) is 0 Å². The average molecular weight is 258 g/mol. The topological polar surface area (TPSA) is 15.3 Å². The lowest BCUT2D eigenvalue weighted by atomic mass is 10.0. The highest BCUT2D eigenvalue weighted by Crippen LogP contribution is 2.26. The van der Waals surface area contributed by atoms with Crippen LogP contribution in [0.4, 0.5) is 5.69 Å². The van der Waals surface area contributed by atoms with Crippen LogP contribution < -0.4 is 10.2 Å². The summed E-state index contributed by atoms with van der Waals surface area (Å²) in [7, 11) is 0. The molecule has 104 valence electrons. The summed E-state index contributed by atoms with van der Waals surface area (Å²) < 4.78 is 0. The Balaban J connectivity index is 1.54. The standard InChI is InChI=1S/C17H26N2/c1-13(2)15-3-7-17(8-4-15)19-10-9-14(12-19)11-18-16-5-6-16/h3-4,7-8,13-14,16,18H,5-6,9-12H2,1-2H3. The minimum atomic E-state index is 0.628. The van der Waals surface area contributed by atoms with Crippen LogP contribution in [0, 0.1) is 5.92 Å². The summed E-state index contributed by atoms with van der Waals surface area (Å²) in [4.78, 5) is 2.54. The van der Waals surface area contributed by atoms with Gasteiger partial charge in [0.15, 0.2) is 0 Å². The zero-order valence-corrected chi connectivity index (χ0v) is 12.2. The lowest BCUT2D eigenvalue weighted by molar-refractivity contribution is 0.515. The second-order valence-electron chi connectivity index (χ2n) is 6.53. The molecule has 1 aromatic carbocycles. The fourth-order valence-corrected chi connectivity index (χ4v) is 2.92. The van der Waals surface area contributed by atoms with Crippen LogP contribution >= 0.6 is 0 Å². The summed E-state index contributed by atoms with van der Waals surface area (Å²) in [6, 6.07) is 10.0. The number of nitrogens with zero attached hydrogens (tertiary/aromatic N) is 1. The summed E-state index contributed by atoms with van der Waals surface area (Å²) in [5.74, 6) is 1.47. The van der Waals surface area contributed by atoms with E-state index in [1.165, 1.54) is 50.1 Å². The Morgan fingerprint density at radius 3 is 2.53 bits per heavy atom. The molecule has 0 amide bonds. The van der Waals surface area contributed by atoms with E-state index in [0.717, 1.165) is 12.0 Å². The summed E-state index contributed by atoms with van der Waals surface area (Å²) in [6.45, 7) is 8.17. The van der Waals surface area contributed by atoms with E-state index in [9.17, 15) is 0 Å². The molecule has 1 N–H and O–H groups in total. The van der Waals surface area contributed by atoms with E-state index in [4.69, 9.17) is 0 Å². The second-order valence-corrected chi connectivity index (χ2v) is 6.53. The molecule has 1 atom stereocenters. The minimum Gasteiger partial charge on any atom is -0.371 e. The Kier molecular flexibility index (Phi) is 3.79. The van der Waals surface area contributed by atoms with Gasteiger partial charge in [0.2, 0.25) is 0 Å². The highest BCUT2D eigenvalue weighted by Gasteiger charge is 2.26. The largest absolute Gasteiger partial charge is 0.371 e. The maximum atomic E-state index is 3.67. The van der Waals surface area contributed by atoms with Crippen molar-refractivity contribution in [2.24, 2.45) is 5.92 Å². The zero-order chi connectivity index (χ0) is 13.2. The third-order valence-corrected chi connectivity index (χ3v) is 4.48. The Bertz CT molecular complexity index is 406. The Hall–Kier alpha value is -1.02. The third kappa shape index (κ3) is 3.30. The molecule has 2 heteroatoms. The molecule has 1 unspecified atom stereocenters. The Labute approximate surface area is 117 Å². The van der Waals surface area contributed by atoms with Gasteiger partial charge in [-0.25, -0.2) is 0 Å². The van der Waals surface area contributed by atoms with Crippen molar-refractivity contribution < 1.29 is 0 Å². The van der Waals surface area contributed by atoms with E-state index in [-0.39, 0.29) is 0 Å². The van der Waals surface area contributed by atoms with Crippen LogP contribution in [-0.2, 0) is 0 Å². The first-order valence-corrected chi connectivity index (χ1v) is 7.80. The van der Waals surface area contributed by atoms with Crippen LogP contribution in [0.3, 0.4) is 0 Å². The van der Waals surface area contributed by atoms with E-state index in [2.05, 4.69) is 48.3 Å². The van der Waals surface area contributed by atoms with Gasteiger partial charge in [-0.05, 0) is 55.3 Å². The van der Waals surface area contributed by atoms with Crippen LogP contribution in [0.1, 0.15) is 44.6 Å². The molecule has 0 radical (unpaired) electrons. The van der Waals surface area contributed by atoms with Gasteiger partial charge in [0, 0.05) is 24.8 Å². The van der Waals surface area contributed by atoms with Crippen LogP contribution in [0.25, 0.3) is 0 Å². The van der Waals surface area contributed by atoms with Gasteiger partial charge in [0.1, 0.15) is 0 Å². The van der Waals surface area contributed by atoms with E-state index in [0.29, 0.717) is 5.92 Å². The highest BCUT2D eigenvalue weighted by atomic mass is 15.2. The average Bonchev–Trinajstić information content (AvgIpc) is 3.13. The van der Waals surface area contributed by atoms with Crippen molar-refractivity contribution >= 4 is 5.69 Å². The first-order chi connectivity index (χ1) is 9.22. The second kappa shape index (κ2) is 5.54. The molecule has 1 aliphatic carbocycles. The summed E-state index contributed by atoms with van der Waals surface area (Å²) in [5.41, 5.74) is 2.84.